The Morgan fingerprint density at radius 1 is 0.233 bits per heavy atom. The van der Waals surface area contributed by atoms with Crippen LogP contribution in [-0.2, 0) is 0 Å². The normalized spacial score (nSPS) is 11.7. The molecule has 1 aromatic heterocycles. The lowest BCUT2D eigenvalue weighted by Gasteiger charge is -2.26. The number of furan rings is 1. The maximum absolute atomic E-state index is 6.13. The first-order valence-corrected chi connectivity index (χ1v) is 20.6. The van der Waals surface area contributed by atoms with Crippen LogP contribution in [-0.4, -0.2) is 0 Å². The number of anilines is 3. The number of hydrogen-bond donors (Lipinski definition) is 0. The van der Waals surface area contributed by atoms with Crippen molar-refractivity contribution in [1.82, 2.24) is 0 Å². The highest BCUT2D eigenvalue weighted by Gasteiger charge is 2.16. The lowest BCUT2D eigenvalue weighted by Crippen LogP contribution is -2.09. The second-order valence-corrected chi connectivity index (χ2v) is 15.7. The fraction of sp³-hybridized carbons (Fsp3) is 0. The van der Waals surface area contributed by atoms with Gasteiger partial charge in [-0.05, 0) is 143 Å². The van der Waals surface area contributed by atoms with Gasteiger partial charge in [-0.3, -0.25) is 0 Å². The zero-order chi connectivity index (χ0) is 39.6. The van der Waals surface area contributed by atoms with E-state index in [1.165, 1.54) is 65.3 Å². The minimum absolute atomic E-state index is 0.906. The number of para-hydroxylation sites is 1. The highest BCUT2D eigenvalue weighted by atomic mass is 16.3. The minimum Gasteiger partial charge on any atom is -0.456 e. The average molecular weight is 764 g/mol. The van der Waals surface area contributed by atoms with Crippen LogP contribution < -0.4 is 4.90 Å². The quantitative estimate of drug-likeness (QED) is 0.157. The summed E-state index contributed by atoms with van der Waals surface area (Å²) in [6, 6.07) is 81.4. The molecule has 11 aromatic carbocycles. The fourth-order valence-electron chi connectivity index (χ4n) is 9.22. The number of nitrogens with zero attached hydrogens (tertiary/aromatic N) is 1. The van der Waals surface area contributed by atoms with Crippen molar-refractivity contribution in [2.45, 2.75) is 0 Å². The third-order valence-electron chi connectivity index (χ3n) is 12.2. The topological polar surface area (TPSA) is 16.4 Å². The van der Waals surface area contributed by atoms with E-state index in [-0.39, 0.29) is 0 Å². The molecule has 12 rings (SSSR count). The fourth-order valence-corrected chi connectivity index (χ4v) is 9.22. The smallest absolute Gasteiger partial charge is 0.135 e. The van der Waals surface area contributed by atoms with Crippen molar-refractivity contribution in [2.75, 3.05) is 4.90 Å². The van der Waals surface area contributed by atoms with Gasteiger partial charge in [-0.2, -0.15) is 0 Å². The molecule has 2 heteroatoms. The highest BCUT2D eigenvalue weighted by Crippen LogP contribution is 2.41. The van der Waals surface area contributed by atoms with Gasteiger partial charge >= 0.3 is 0 Å². The van der Waals surface area contributed by atoms with Gasteiger partial charge in [0.2, 0.25) is 0 Å². The molecular weight excluding hydrogens is 727 g/mol. The van der Waals surface area contributed by atoms with Gasteiger partial charge in [0.15, 0.2) is 0 Å². The van der Waals surface area contributed by atoms with Crippen molar-refractivity contribution >= 4 is 82.1 Å². The molecule has 0 aliphatic carbocycles. The van der Waals surface area contributed by atoms with E-state index in [0.29, 0.717) is 0 Å². The van der Waals surface area contributed by atoms with Crippen LogP contribution in [0.1, 0.15) is 0 Å². The number of fused-ring (bicyclic) bond motifs is 10. The summed E-state index contributed by atoms with van der Waals surface area (Å²) in [5.74, 6) is 0. The maximum atomic E-state index is 6.13. The van der Waals surface area contributed by atoms with Crippen molar-refractivity contribution in [3.63, 3.8) is 0 Å². The van der Waals surface area contributed by atoms with E-state index in [9.17, 15) is 0 Å². The molecule has 280 valence electrons. The lowest BCUT2D eigenvalue weighted by atomic mass is 9.92. The van der Waals surface area contributed by atoms with E-state index < -0.39 is 0 Å². The van der Waals surface area contributed by atoms with Crippen LogP contribution >= 0.6 is 0 Å². The van der Waals surface area contributed by atoms with Gasteiger partial charge in [0.05, 0.1) is 0 Å². The molecule has 12 aromatic rings. The summed E-state index contributed by atoms with van der Waals surface area (Å²) in [4.78, 5) is 2.35. The molecule has 0 fully saturated rings. The number of rotatable bonds is 6. The molecule has 60 heavy (non-hydrogen) atoms. The summed E-state index contributed by atoms with van der Waals surface area (Å²) >= 11 is 0. The Bertz CT molecular complexity index is 3540. The first kappa shape index (κ1) is 34.1. The lowest BCUT2D eigenvalue weighted by molar-refractivity contribution is 0.669. The van der Waals surface area contributed by atoms with Crippen LogP contribution in [0.4, 0.5) is 17.1 Å². The molecular formula is C58H37NO. The van der Waals surface area contributed by atoms with Crippen LogP contribution in [0.15, 0.2) is 229 Å². The van der Waals surface area contributed by atoms with Gasteiger partial charge < -0.3 is 9.32 Å². The van der Waals surface area contributed by atoms with E-state index in [0.717, 1.165) is 50.1 Å². The third kappa shape index (κ3) is 5.73. The third-order valence-corrected chi connectivity index (χ3v) is 12.2. The summed E-state index contributed by atoms with van der Waals surface area (Å²) in [7, 11) is 0. The van der Waals surface area contributed by atoms with Crippen LogP contribution in [0.25, 0.3) is 98.4 Å². The maximum Gasteiger partial charge on any atom is 0.135 e. The van der Waals surface area contributed by atoms with E-state index in [4.69, 9.17) is 4.42 Å². The van der Waals surface area contributed by atoms with Crippen molar-refractivity contribution in [2.24, 2.45) is 0 Å². The Kier molecular flexibility index (Phi) is 7.89. The SMILES string of the molecule is c1ccc2cc(-c3ccc(N(c4ccc(-c5ccc6oc7ccccc7c6c5)cc4)c4ccc(-c5ccc6c7ccccc7c7ccccc7c6c5)cc4)cc3)ccc2c1. The zero-order valence-electron chi connectivity index (χ0n) is 32.7. The minimum atomic E-state index is 0.906. The molecule has 2 nitrogen and oxygen atoms in total. The first-order chi connectivity index (χ1) is 29.7. The van der Waals surface area contributed by atoms with Crippen LogP contribution in [0.5, 0.6) is 0 Å². The van der Waals surface area contributed by atoms with Gasteiger partial charge in [0.25, 0.3) is 0 Å². The molecule has 1 heterocycles. The predicted octanol–water partition coefficient (Wildman–Crippen LogP) is 16.7. The Morgan fingerprint density at radius 3 is 1.20 bits per heavy atom. The zero-order valence-corrected chi connectivity index (χ0v) is 32.7. The molecule has 0 amide bonds. The van der Waals surface area contributed by atoms with Gasteiger partial charge in [0.1, 0.15) is 11.2 Å². The summed E-state index contributed by atoms with van der Waals surface area (Å²) in [6.45, 7) is 0. The molecule has 0 aliphatic heterocycles. The molecule has 0 radical (unpaired) electrons. The van der Waals surface area contributed by atoms with Crippen molar-refractivity contribution in [3.8, 4) is 33.4 Å². The van der Waals surface area contributed by atoms with E-state index in [1.54, 1.807) is 0 Å². The largest absolute Gasteiger partial charge is 0.456 e. The second-order valence-electron chi connectivity index (χ2n) is 15.7. The molecule has 0 unspecified atom stereocenters. The summed E-state index contributed by atoms with van der Waals surface area (Å²) in [5.41, 5.74) is 12.2. The van der Waals surface area contributed by atoms with Gasteiger partial charge in [-0.15, -0.1) is 0 Å². The van der Waals surface area contributed by atoms with Crippen molar-refractivity contribution in [1.29, 1.82) is 0 Å². The standard InChI is InChI=1S/C58H37NO/c1-2-10-42-35-43(18-17-38(42)9-1)39-19-27-46(28-20-39)59(48-31-23-41(24-32-48)45-26-34-58-56(37-45)54-15-7-8-16-57(54)60-58)47-29-21-40(22-30-47)44-25-33-53-51-13-4-3-11-49(51)50-12-5-6-14-52(50)55(53)36-44/h1-37H. The molecule has 0 bridgehead atoms. The van der Waals surface area contributed by atoms with Crippen LogP contribution in [0.3, 0.4) is 0 Å². The molecule has 0 spiro atoms. The second kappa shape index (κ2) is 13.9. The Morgan fingerprint density at radius 2 is 0.617 bits per heavy atom. The van der Waals surface area contributed by atoms with Crippen molar-refractivity contribution < 1.29 is 4.42 Å². The molecule has 0 saturated carbocycles. The highest BCUT2D eigenvalue weighted by molar-refractivity contribution is 6.25. The van der Waals surface area contributed by atoms with Gasteiger partial charge in [-0.1, -0.05) is 158 Å². The Hall–Kier alpha value is -7.94. The Labute approximate surface area is 347 Å². The Balaban J connectivity index is 0.933. The number of hydrogen-bond acceptors (Lipinski definition) is 2. The molecule has 0 N–H and O–H groups in total. The summed E-state index contributed by atoms with van der Waals surface area (Å²) in [6.07, 6.45) is 0. The van der Waals surface area contributed by atoms with Crippen LogP contribution in [0, 0.1) is 0 Å². The average Bonchev–Trinajstić information content (AvgIpc) is 3.70. The first-order valence-electron chi connectivity index (χ1n) is 20.6. The van der Waals surface area contributed by atoms with Gasteiger partial charge in [-0.25, -0.2) is 0 Å². The van der Waals surface area contributed by atoms with Crippen LogP contribution in [0.2, 0.25) is 0 Å². The van der Waals surface area contributed by atoms with E-state index in [1.807, 2.05) is 12.1 Å². The van der Waals surface area contributed by atoms with Gasteiger partial charge in [0, 0.05) is 27.8 Å². The molecule has 0 atom stereocenters. The summed E-state index contributed by atoms with van der Waals surface area (Å²) < 4.78 is 6.13. The van der Waals surface area contributed by atoms with E-state index >= 15 is 0 Å². The number of benzene rings is 11. The van der Waals surface area contributed by atoms with Crippen molar-refractivity contribution in [3.05, 3.63) is 224 Å². The summed E-state index contributed by atoms with van der Waals surface area (Å²) in [5, 5.41) is 12.5. The molecule has 0 saturated heterocycles. The monoisotopic (exact) mass is 763 g/mol. The molecule has 0 aliphatic rings. The van der Waals surface area contributed by atoms with E-state index in [2.05, 4.69) is 217 Å². The predicted molar refractivity (Wildman–Crippen MR) is 255 cm³/mol.